The van der Waals surface area contributed by atoms with E-state index in [1.54, 1.807) is 6.20 Å². The van der Waals surface area contributed by atoms with Crippen molar-refractivity contribution in [2.45, 2.75) is 26.2 Å². The van der Waals surface area contributed by atoms with Crippen molar-refractivity contribution < 1.29 is 9.59 Å². The second-order valence-electron chi connectivity index (χ2n) is 7.40. The van der Waals surface area contributed by atoms with E-state index >= 15 is 0 Å². The van der Waals surface area contributed by atoms with Crippen molar-refractivity contribution in [1.82, 2.24) is 14.9 Å². The van der Waals surface area contributed by atoms with Gasteiger partial charge in [0.25, 0.3) is 5.91 Å². The molecule has 0 spiro atoms. The van der Waals surface area contributed by atoms with Crippen molar-refractivity contribution in [3.63, 3.8) is 0 Å². The molecule has 7 nitrogen and oxygen atoms in total. The van der Waals surface area contributed by atoms with Gasteiger partial charge < -0.3 is 20.1 Å². The molecule has 3 heterocycles. The van der Waals surface area contributed by atoms with Crippen molar-refractivity contribution in [3.05, 3.63) is 40.8 Å². The van der Waals surface area contributed by atoms with Crippen LogP contribution in [0.4, 0.5) is 11.5 Å². The molecule has 0 aromatic carbocycles. The number of H-pyrrole nitrogens is 1. The lowest BCUT2D eigenvalue weighted by Gasteiger charge is -2.33. The van der Waals surface area contributed by atoms with Gasteiger partial charge in [0.2, 0.25) is 0 Å². The summed E-state index contributed by atoms with van der Waals surface area (Å²) in [6.45, 7) is 5.86. The number of piperazine rings is 1. The maximum absolute atomic E-state index is 12.7. The molecule has 2 aliphatic rings. The SMILES string of the molecule is Cc1c(C(=O)Nc2ccc(N3CCN(C)CC3)cn2)[nH]c2c1C(=O)CCC2. The number of fused-ring (bicyclic) bond motifs is 1. The first-order valence-electron chi connectivity index (χ1n) is 9.48. The molecular weight excluding hydrogens is 342 g/mol. The number of hydrogen-bond donors (Lipinski definition) is 2. The molecule has 1 saturated heterocycles. The molecular formula is C20H25N5O2. The zero-order chi connectivity index (χ0) is 19.0. The Labute approximate surface area is 158 Å². The Balaban J connectivity index is 1.46. The van der Waals surface area contributed by atoms with Gasteiger partial charge in [0.15, 0.2) is 5.78 Å². The molecule has 142 valence electrons. The smallest absolute Gasteiger partial charge is 0.273 e. The van der Waals surface area contributed by atoms with E-state index in [1.165, 1.54) is 0 Å². The molecule has 4 rings (SSSR count). The Bertz CT molecular complexity index is 863. The minimum atomic E-state index is -0.255. The number of pyridine rings is 1. The standard InChI is InChI=1S/C20H25N5O2/c1-13-18-15(4-3-5-16(18)26)22-19(13)20(27)23-17-7-6-14(12-21-17)25-10-8-24(2)9-11-25/h6-7,12,22H,3-5,8-11H2,1-2H3,(H,21,23,27). The molecule has 0 unspecified atom stereocenters. The van der Waals surface area contributed by atoms with Crippen LogP contribution in [0.5, 0.6) is 0 Å². The fourth-order valence-electron chi connectivity index (χ4n) is 3.89. The normalized spacial score (nSPS) is 17.7. The Kier molecular flexibility index (Phi) is 4.70. The van der Waals surface area contributed by atoms with Gasteiger partial charge in [-0.3, -0.25) is 9.59 Å². The number of aromatic amines is 1. The van der Waals surface area contributed by atoms with Crippen LogP contribution < -0.4 is 10.2 Å². The highest BCUT2D eigenvalue weighted by Gasteiger charge is 2.26. The number of likely N-dealkylation sites (N-methyl/N-ethyl adjacent to an activating group) is 1. The zero-order valence-corrected chi connectivity index (χ0v) is 15.8. The molecule has 27 heavy (non-hydrogen) atoms. The largest absolute Gasteiger partial charge is 0.368 e. The fourth-order valence-corrected chi connectivity index (χ4v) is 3.89. The van der Waals surface area contributed by atoms with Crippen LogP contribution in [0, 0.1) is 6.92 Å². The highest BCUT2D eigenvalue weighted by atomic mass is 16.2. The van der Waals surface area contributed by atoms with Crippen molar-refractivity contribution in [2.24, 2.45) is 0 Å². The Morgan fingerprint density at radius 3 is 2.63 bits per heavy atom. The first-order chi connectivity index (χ1) is 13.0. The minimum absolute atomic E-state index is 0.124. The van der Waals surface area contributed by atoms with Crippen molar-refractivity contribution in [3.8, 4) is 0 Å². The third-order valence-corrected chi connectivity index (χ3v) is 5.52. The number of aromatic nitrogens is 2. The van der Waals surface area contributed by atoms with Crippen LogP contribution in [0.2, 0.25) is 0 Å². The Morgan fingerprint density at radius 1 is 1.19 bits per heavy atom. The van der Waals surface area contributed by atoms with Crippen LogP contribution in [0.1, 0.15) is 44.9 Å². The van der Waals surface area contributed by atoms with Gasteiger partial charge in [-0.1, -0.05) is 0 Å². The number of anilines is 2. The van der Waals surface area contributed by atoms with E-state index in [0.717, 1.165) is 56.0 Å². The van der Waals surface area contributed by atoms with E-state index in [1.807, 2.05) is 19.1 Å². The highest BCUT2D eigenvalue weighted by molar-refractivity contribution is 6.08. The van der Waals surface area contributed by atoms with Gasteiger partial charge in [0.05, 0.1) is 11.9 Å². The number of Topliss-reactive ketones (excluding diaryl/α,β-unsaturated/α-hetero) is 1. The van der Waals surface area contributed by atoms with Gasteiger partial charge in [-0.25, -0.2) is 4.98 Å². The highest BCUT2D eigenvalue weighted by Crippen LogP contribution is 2.27. The van der Waals surface area contributed by atoms with Gasteiger partial charge in [0, 0.05) is 43.9 Å². The first-order valence-corrected chi connectivity index (χ1v) is 9.48. The monoisotopic (exact) mass is 367 g/mol. The van der Waals surface area contributed by atoms with Gasteiger partial charge in [0.1, 0.15) is 11.5 Å². The Morgan fingerprint density at radius 2 is 1.96 bits per heavy atom. The van der Waals surface area contributed by atoms with Crippen LogP contribution in [-0.2, 0) is 6.42 Å². The number of hydrogen-bond acceptors (Lipinski definition) is 5. The third kappa shape index (κ3) is 3.47. The van der Waals surface area contributed by atoms with Gasteiger partial charge in [-0.15, -0.1) is 0 Å². The average molecular weight is 367 g/mol. The maximum atomic E-state index is 12.7. The van der Waals surface area contributed by atoms with Crippen molar-refractivity contribution in [2.75, 3.05) is 43.4 Å². The van der Waals surface area contributed by atoms with E-state index in [-0.39, 0.29) is 11.7 Å². The quantitative estimate of drug-likeness (QED) is 0.870. The van der Waals surface area contributed by atoms with Crippen LogP contribution in [-0.4, -0.2) is 59.8 Å². The van der Waals surface area contributed by atoms with Crippen molar-refractivity contribution >= 4 is 23.2 Å². The number of rotatable bonds is 3. The third-order valence-electron chi connectivity index (χ3n) is 5.52. The first kappa shape index (κ1) is 17.7. The van der Waals surface area contributed by atoms with E-state index in [0.29, 0.717) is 23.5 Å². The molecule has 1 aliphatic carbocycles. The summed E-state index contributed by atoms with van der Waals surface area (Å²) in [7, 11) is 2.13. The van der Waals surface area contributed by atoms with Crippen LogP contribution >= 0.6 is 0 Å². The predicted molar refractivity (Wildman–Crippen MR) is 105 cm³/mol. The lowest BCUT2D eigenvalue weighted by Crippen LogP contribution is -2.44. The lowest BCUT2D eigenvalue weighted by atomic mass is 9.94. The summed E-state index contributed by atoms with van der Waals surface area (Å²) in [5.41, 5.74) is 3.84. The van der Waals surface area contributed by atoms with E-state index in [4.69, 9.17) is 0 Å². The zero-order valence-electron chi connectivity index (χ0n) is 15.8. The average Bonchev–Trinajstić information content (AvgIpc) is 3.01. The van der Waals surface area contributed by atoms with Crippen LogP contribution in [0.25, 0.3) is 0 Å². The summed E-state index contributed by atoms with van der Waals surface area (Å²) < 4.78 is 0. The molecule has 2 aromatic heterocycles. The molecule has 1 fully saturated rings. The minimum Gasteiger partial charge on any atom is -0.368 e. The second-order valence-corrected chi connectivity index (χ2v) is 7.40. The summed E-state index contributed by atoms with van der Waals surface area (Å²) in [4.78, 5) is 37.0. The number of aryl methyl sites for hydroxylation is 1. The van der Waals surface area contributed by atoms with E-state index < -0.39 is 0 Å². The number of carbonyl (C=O) groups is 2. The summed E-state index contributed by atoms with van der Waals surface area (Å²) in [5, 5.41) is 2.84. The van der Waals surface area contributed by atoms with Crippen molar-refractivity contribution in [1.29, 1.82) is 0 Å². The molecule has 2 aromatic rings. The molecule has 0 atom stereocenters. The number of nitrogens with one attached hydrogen (secondary N) is 2. The fraction of sp³-hybridized carbons (Fsp3) is 0.450. The van der Waals surface area contributed by atoms with Gasteiger partial charge in [-0.2, -0.15) is 0 Å². The van der Waals surface area contributed by atoms with Gasteiger partial charge in [-0.05, 0) is 44.5 Å². The molecule has 2 N–H and O–H groups in total. The van der Waals surface area contributed by atoms with E-state index in [2.05, 4.69) is 32.1 Å². The lowest BCUT2D eigenvalue weighted by molar-refractivity contribution is 0.0971. The number of amides is 1. The topological polar surface area (TPSA) is 81.3 Å². The van der Waals surface area contributed by atoms with E-state index in [9.17, 15) is 9.59 Å². The molecule has 7 heteroatoms. The van der Waals surface area contributed by atoms with Crippen LogP contribution in [0.15, 0.2) is 18.3 Å². The maximum Gasteiger partial charge on any atom is 0.273 e. The van der Waals surface area contributed by atoms with Crippen LogP contribution in [0.3, 0.4) is 0 Å². The molecule has 0 saturated carbocycles. The second kappa shape index (κ2) is 7.15. The molecule has 1 aliphatic heterocycles. The van der Waals surface area contributed by atoms with Gasteiger partial charge >= 0.3 is 0 Å². The predicted octanol–water partition coefficient (Wildman–Crippen LogP) is 2.24. The molecule has 0 bridgehead atoms. The number of carbonyl (C=O) groups excluding carboxylic acids is 2. The molecule has 0 radical (unpaired) electrons. The number of ketones is 1. The molecule has 1 amide bonds. The summed E-state index contributed by atoms with van der Waals surface area (Å²) in [5.74, 6) is 0.379. The summed E-state index contributed by atoms with van der Waals surface area (Å²) >= 11 is 0. The number of nitrogens with zero attached hydrogens (tertiary/aromatic N) is 3. The Hall–Kier alpha value is -2.67. The summed E-state index contributed by atoms with van der Waals surface area (Å²) in [6.07, 6.45) is 4.01. The summed E-state index contributed by atoms with van der Waals surface area (Å²) in [6, 6.07) is 3.82.